The van der Waals surface area contributed by atoms with E-state index in [-0.39, 0.29) is 0 Å². The summed E-state index contributed by atoms with van der Waals surface area (Å²) in [6, 6.07) is 24.7. The molecule has 3 aromatic rings. The largest absolute Gasteiger partial charge is 0.497 e. The fourth-order valence-electron chi connectivity index (χ4n) is 3.43. The van der Waals surface area contributed by atoms with Crippen LogP contribution in [0.15, 0.2) is 103 Å². The van der Waals surface area contributed by atoms with Gasteiger partial charge in [-0.05, 0) is 84.1 Å². The molecule has 4 rings (SSSR count). The Morgan fingerprint density at radius 2 is 1.23 bits per heavy atom. The molecule has 0 saturated heterocycles. The number of nitrogens with zero attached hydrogens (tertiary/aromatic N) is 1. The normalized spacial score (nSPS) is 12.9. The van der Waals surface area contributed by atoms with Gasteiger partial charge in [0.2, 0.25) is 0 Å². The van der Waals surface area contributed by atoms with E-state index in [0.29, 0.717) is 0 Å². The number of dihydropyridines is 1. The second kappa shape index (κ2) is 9.72. The average molecular weight is 411 g/mol. The maximum Gasteiger partial charge on any atom is 0.119 e. The van der Waals surface area contributed by atoms with Crippen molar-refractivity contribution in [1.82, 2.24) is 5.32 Å². The van der Waals surface area contributed by atoms with E-state index >= 15 is 0 Å². The van der Waals surface area contributed by atoms with Crippen LogP contribution < -0.4 is 19.7 Å². The molecule has 0 aliphatic carbocycles. The number of methoxy groups -OCH3 is 2. The van der Waals surface area contributed by atoms with Gasteiger partial charge in [-0.3, -0.25) is 0 Å². The van der Waals surface area contributed by atoms with Crippen molar-refractivity contribution in [1.29, 1.82) is 0 Å². The van der Waals surface area contributed by atoms with Gasteiger partial charge >= 0.3 is 0 Å². The van der Waals surface area contributed by atoms with Gasteiger partial charge in [-0.2, -0.15) is 0 Å². The van der Waals surface area contributed by atoms with E-state index in [1.54, 1.807) is 14.2 Å². The van der Waals surface area contributed by atoms with Gasteiger partial charge in [0.15, 0.2) is 0 Å². The zero-order valence-electron chi connectivity index (χ0n) is 17.8. The summed E-state index contributed by atoms with van der Waals surface area (Å²) in [5, 5.41) is 3.17. The minimum atomic E-state index is 0.834. The number of allylic oxidation sites excluding steroid dienone is 3. The van der Waals surface area contributed by atoms with Crippen LogP contribution in [0, 0.1) is 0 Å². The molecule has 4 nitrogen and oxygen atoms in total. The Kier molecular flexibility index (Phi) is 6.38. The highest BCUT2D eigenvalue weighted by Crippen LogP contribution is 2.36. The highest BCUT2D eigenvalue weighted by Gasteiger charge is 2.12. The predicted molar refractivity (Wildman–Crippen MR) is 128 cm³/mol. The van der Waals surface area contributed by atoms with Crippen molar-refractivity contribution in [2.75, 3.05) is 25.7 Å². The lowest BCUT2D eigenvalue weighted by molar-refractivity contribution is 0.415. The van der Waals surface area contributed by atoms with Crippen LogP contribution in [0.1, 0.15) is 5.56 Å². The smallest absolute Gasteiger partial charge is 0.119 e. The van der Waals surface area contributed by atoms with Crippen LogP contribution in [0.3, 0.4) is 0 Å². The molecule has 0 amide bonds. The summed E-state index contributed by atoms with van der Waals surface area (Å²) < 4.78 is 10.7. The van der Waals surface area contributed by atoms with E-state index < -0.39 is 0 Å². The Bertz CT molecular complexity index is 1030. The Labute approximate surface area is 183 Å². The summed E-state index contributed by atoms with van der Waals surface area (Å²) in [7, 11) is 3.36. The SMILES string of the molecule is COc1ccc(N(c2ccc(/C=C/C3=CCNC=C3)cc2)c2ccc(OC)cc2)cc1. The van der Waals surface area contributed by atoms with Crippen molar-refractivity contribution in [3.63, 3.8) is 0 Å². The number of hydrogen-bond donors (Lipinski definition) is 1. The van der Waals surface area contributed by atoms with E-state index in [4.69, 9.17) is 9.47 Å². The van der Waals surface area contributed by atoms with Crippen molar-refractivity contribution in [2.45, 2.75) is 0 Å². The van der Waals surface area contributed by atoms with Crippen molar-refractivity contribution >= 4 is 23.1 Å². The van der Waals surface area contributed by atoms with Crippen LogP contribution in [0.25, 0.3) is 6.08 Å². The first-order valence-corrected chi connectivity index (χ1v) is 10.2. The summed E-state index contributed by atoms with van der Waals surface area (Å²) in [6.07, 6.45) is 10.5. The van der Waals surface area contributed by atoms with Crippen molar-refractivity contribution in [3.05, 3.63) is 108 Å². The van der Waals surface area contributed by atoms with Crippen LogP contribution in [0.4, 0.5) is 17.1 Å². The number of rotatable bonds is 7. The zero-order valence-corrected chi connectivity index (χ0v) is 17.8. The van der Waals surface area contributed by atoms with Crippen molar-refractivity contribution in [2.24, 2.45) is 0 Å². The van der Waals surface area contributed by atoms with Gasteiger partial charge in [-0.25, -0.2) is 0 Å². The maximum absolute atomic E-state index is 5.33. The van der Waals surface area contributed by atoms with E-state index in [0.717, 1.165) is 40.7 Å². The third kappa shape index (κ3) is 4.98. The Hall–Kier alpha value is -3.92. The highest BCUT2D eigenvalue weighted by molar-refractivity contribution is 5.77. The van der Waals surface area contributed by atoms with Gasteiger partial charge in [-0.15, -0.1) is 0 Å². The van der Waals surface area contributed by atoms with Crippen molar-refractivity contribution < 1.29 is 9.47 Å². The van der Waals surface area contributed by atoms with Crippen LogP contribution in [0.2, 0.25) is 0 Å². The second-order valence-corrected chi connectivity index (χ2v) is 7.10. The minimum Gasteiger partial charge on any atom is -0.497 e. The van der Waals surface area contributed by atoms with Crippen molar-refractivity contribution in [3.8, 4) is 11.5 Å². The minimum absolute atomic E-state index is 0.834. The van der Waals surface area contributed by atoms with Crippen LogP contribution in [0.5, 0.6) is 11.5 Å². The number of hydrogen-bond acceptors (Lipinski definition) is 4. The molecule has 1 N–H and O–H groups in total. The van der Waals surface area contributed by atoms with E-state index in [1.807, 2.05) is 30.5 Å². The molecular formula is C27H26N2O2. The first kappa shape index (κ1) is 20.4. The summed E-state index contributed by atoms with van der Waals surface area (Å²) in [4.78, 5) is 2.21. The van der Waals surface area contributed by atoms with E-state index in [9.17, 15) is 0 Å². The van der Waals surface area contributed by atoms with Gasteiger partial charge in [0, 0.05) is 23.6 Å². The molecule has 0 fully saturated rings. The zero-order chi connectivity index (χ0) is 21.5. The predicted octanol–water partition coefficient (Wildman–Crippen LogP) is 6.23. The van der Waals surface area contributed by atoms with Crippen LogP contribution in [-0.4, -0.2) is 20.8 Å². The molecule has 1 aliphatic heterocycles. The molecule has 1 aliphatic rings. The molecule has 156 valence electrons. The number of anilines is 3. The van der Waals surface area contributed by atoms with E-state index in [2.05, 4.69) is 83.1 Å². The molecule has 0 aromatic heterocycles. The van der Waals surface area contributed by atoms with Gasteiger partial charge in [0.1, 0.15) is 11.5 Å². The molecule has 0 saturated carbocycles. The molecule has 0 atom stereocenters. The summed E-state index contributed by atoms with van der Waals surface area (Å²) >= 11 is 0. The fraction of sp³-hybridized carbons (Fsp3) is 0.111. The fourth-order valence-corrected chi connectivity index (χ4v) is 3.43. The Morgan fingerprint density at radius 1 is 0.710 bits per heavy atom. The van der Waals surface area contributed by atoms with Gasteiger partial charge in [0.25, 0.3) is 0 Å². The summed E-state index contributed by atoms with van der Waals surface area (Å²) in [6.45, 7) is 0.869. The molecule has 4 heteroatoms. The quantitative estimate of drug-likeness (QED) is 0.501. The molecule has 31 heavy (non-hydrogen) atoms. The lowest BCUT2D eigenvalue weighted by atomic mass is 10.1. The highest BCUT2D eigenvalue weighted by atomic mass is 16.5. The topological polar surface area (TPSA) is 33.7 Å². The summed E-state index contributed by atoms with van der Waals surface area (Å²) in [5.74, 6) is 1.67. The Balaban J connectivity index is 1.64. The average Bonchev–Trinajstić information content (AvgIpc) is 2.85. The third-order valence-electron chi connectivity index (χ3n) is 5.13. The van der Waals surface area contributed by atoms with Gasteiger partial charge < -0.3 is 19.7 Å². The molecule has 0 spiro atoms. The number of nitrogens with one attached hydrogen (secondary N) is 1. The Morgan fingerprint density at radius 3 is 1.68 bits per heavy atom. The number of benzene rings is 3. The van der Waals surface area contributed by atoms with Crippen LogP contribution >= 0.6 is 0 Å². The first-order chi connectivity index (χ1) is 15.3. The lowest BCUT2D eigenvalue weighted by Crippen LogP contribution is -2.09. The third-order valence-corrected chi connectivity index (χ3v) is 5.13. The monoisotopic (exact) mass is 410 g/mol. The summed E-state index contributed by atoms with van der Waals surface area (Å²) in [5.41, 5.74) is 5.55. The standard InChI is InChI=1S/C27H26N2O2/c1-30-26-13-9-24(10-14-26)29(25-11-15-27(31-2)16-12-25)23-7-5-21(6-8-23)3-4-22-17-19-28-20-18-22/h3-19,28H,20H2,1-2H3/b4-3+. The molecule has 0 radical (unpaired) electrons. The van der Waals surface area contributed by atoms with Gasteiger partial charge in [-0.1, -0.05) is 30.4 Å². The molecule has 0 unspecified atom stereocenters. The first-order valence-electron chi connectivity index (χ1n) is 10.2. The van der Waals surface area contributed by atoms with Crippen LogP contribution in [-0.2, 0) is 0 Å². The second-order valence-electron chi connectivity index (χ2n) is 7.10. The lowest BCUT2D eigenvalue weighted by Gasteiger charge is -2.26. The number of ether oxygens (including phenoxy) is 2. The maximum atomic E-state index is 5.33. The molecule has 0 bridgehead atoms. The molecule has 1 heterocycles. The van der Waals surface area contributed by atoms with Gasteiger partial charge in [0.05, 0.1) is 14.2 Å². The molecular weight excluding hydrogens is 384 g/mol. The van der Waals surface area contributed by atoms with E-state index in [1.165, 1.54) is 5.57 Å². The molecule has 3 aromatic carbocycles.